The van der Waals surface area contributed by atoms with E-state index in [1.165, 1.54) is 7.11 Å². The number of benzene rings is 1. The van der Waals surface area contributed by atoms with Gasteiger partial charge in [0, 0.05) is 19.2 Å². The fraction of sp³-hybridized carbons (Fsp3) is 0.474. The Morgan fingerprint density at radius 2 is 1.88 bits per heavy atom. The summed E-state index contributed by atoms with van der Waals surface area (Å²) in [5.41, 5.74) is 0.990. The average Bonchev–Trinajstić information content (AvgIpc) is 2.90. The predicted molar refractivity (Wildman–Crippen MR) is 90.8 cm³/mol. The van der Waals surface area contributed by atoms with Gasteiger partial charge < -0.3 is 19.1 Å². The van der Waals surface area contributed by atoms with Gasteiger partial charge in [0.2, 0.25) is 0 Å². The summed E-state index contributed by atoms with van der Waals surface area (Å²) in [4.78, 5) is 26.9. The van der Waals surface area contributed by atoms with Gasteiger partial charge in [-0.15, -0.1) is 0 Å². The summed E-state index contributed by atoms with van der Waals surface area (Å²) >= 11 is 0. The summed E-state index contributed by atoms with van der Waals surface area (Å²) in [7, 11) is 4.51. The lowest BCUT2D eigenvalue weighted by molar-refractivity contribution is -0.155. The number of amides is 1. The van der Waals surface area contributed by atoms with Crippen molar-refractivity contribution < 1.29 is 23.8 Å². The van der Waals surface area contributed by atoms with Crippen molar-refractivity contribution in [2.45, 2.75) is 38.0 Å². The highest BCUT2D eigenvalue weighted by Gasteiger charge is 2.54. The summed E-state index contributed by atoms with van der Waals surface area (Å²) in [6.07, 6.45) is 3.23. The number of hydrogen-bond donors (Lipinski definition) is 0. The molecule has 25 heavy (non-hydrogen) atoms. The molecule has 1 aromatic carbocycles. The van der Waals surface area contributed by atoms with Crippen LogP contribution in [0.5, 0.6) is 5.75 Å². The second-order valence-corrected chi connectivity index (χ2v) is 6.28. The van der Waals surface area contributed by atoms with Gasteiger partial charge in [0.25, 0.3) is 5.91 Å². The Balaban J connectivity index is 1.98. The highest BCUT2D eigenvalue weighted by atomic mass is 16.5. The first kappa shape index (κ1) is 17.5. The molecular weight excluding hydrogens is 322 g/mol. The van der Waals surface area contributed by atoms with Crippen molar-refractivity contribution in [2.75, 3.05) is 21.3 Å². The van der Waals surface area contributed by atoms with E-state index in [4.69, 9.17) is 14.2 Å². The average molecular weight is 345 g/mol. The molecule has 2 aliphatic rings. The van der Waals surface area contributed by atoms with Crippen molar-refractivity contribution in [3.05, 3.63) is 41.0 Å². The first-order chi connectivity index (χ1) is 12.1. The van der Waals surface area contributed by atoms with Crippen LogP contribution in [0, 0.1) is 0 Å². The minimum atomic E-state index is -0.848. The summed E-state index contributed by atoms with van der Waals surface area (Å²) in [6.45, 7) is 0.362. The Morgan fingerprint density at radius 3 is 2.48 bits per heavy atom. The van der Waals surface area contributed by atoms with Crippen molar-refractivity contribution in [3.8, 4) is 5.75 Å². The number of methoxy groups -OCH3 is 3. The van der Waals surface area contributed by atoms with E-state index in [0.717, 1.165) is 29.7 Å². The lowest BCUT2D eigenvalue weighted by Crippen LogP contribution is -2.50. The number of carbonyl (C=O) groups is 2. The topological polar surface area (TPSA) is 65.1 Å². The maximum atomic E-state index is 13.0. The van der Waals surface area contributed by atoms with Gasteiger partial charge in [0.15, 0.2) is 5.72 Å². The van der Waals surface area contributed by atoms with Gasteiger partial charge in [0.1, 0.15) is 11.3 Å². The molecule has 1 aliphatic heterocycles. The van der Waals surface area contributed by atoms with Crippen LogP contribution in [-0.4, -0.2) is 43.8 Å². The molecule has 0 N–H and O–H groups in total. The Hall–Kier alpha value is -2.34. The maximum Gasteiger partial charge on any atom is 0.343 e. The van der Waals surface area contributed by atoms with Gasteiger partial charge in [0.05, 0.1) is 14.2 Å². The molecule has 1 fully saturated rings. The minimum Gasteiger partial charge on any atom is -0.497 e. The minimum absolute atomic E-state index is 0.137. The number of fused-ring (bicyclic) bond motifs is 1. The second-order valence-electron chi connectivity index (χ2n) is 6.28. The molecule has 1 saturated carbocycles. The standard InChI is InChI=1S/C19H23NO5/c1-23-14-9-7-13(8-10-14)12-20-17(21)16(18(22)24-2)15-6-4-5-11-19(15,20)25-3/h7-10H,4-6,11-12H2,1-3H3. The number of esters is 1. The first-order valence-corrected chi connectivity index (χ1v) is 8.39. The highest BCUT2D eigenvalue weighted by Crippen LogP contribution is 2.46. The fourth-order valence-corrected chi connectivity index (χ4v) is 3.82. The van der Waals surface area contributed by atoms with E-state index < -0.39 is 11.7 Å². The molecule has 0 saturated heterocycles. The number of nitrogens with zero attached hydrogens (tertiary/aromatic N) is 1. The van der Waals surface area contributed by atoms with Crippen molar-refractivity contribution >= 4 is 11.9 Å². The summed E-state index contributed by atoms with van der Waals surface area (Å²) < 4.78 is 15.9. The smallest absolute Gasteiger partial charge is 0.343 e. The zero-order valence-corrected chi connectivity index (χ0v) is 14.8. The zero-order valence-electron chi connectivity index (χ0n) is 14.8. The fourth-order valence-electron chi connectivity index (χ4n) is 3.82. The lowest BCUT2D eigenvalue weighted by atomic mass is 9.85. The van der Waals surface area contributed by atoms with E-state index in [9.17, 15) is 9.59 Å². The van der Waals surface area contributed by atoms with Gasteiger partial charge in [-0.2, -0.15) is 0 Å². The van der Waals surface area contributed by atoms with Crippen LogP contribution in [0.2, 0.25) is 0 Å². The molecule has 3 rings (SSSR count). The molecular formula is C19H23NO5. The molecule has 6 nitrogen and oxygen atoms in total. The van der Waals surface area contributed by atoms with E-state index in [1.807, 2.05) is 24.3 Å². The quantitative estimate of drug-likeness (QED) is 0.606. The van der Waals surface area contributed by atoms with Gasteiger partial charge in [-0.3, -0.25) is 4.79 Å². The van der Waals surface area contributed by atoms with Crippen molar-refractivity contribution in [2.24, 2.45) is 0 Å². The monoisotopic (exact) mass is 345 g/mol. The van der Waals surface area contributed by atoms with Crippen molar-refractivity contribution in [3.63, 3.8) is 0 Å². The van der Waals surface area contributed by atoms with Crippen LogP contribution in [0.4, 0.5) is 0 Å². The first-order valence-electron chi connectivity index (χ1n) is 8.39. The third-order valence-electron chi connectivity index (χ3n) is 5.09. The molecule has 0 aromatic heterocycles. The van der Waals surface area contributed by atoms with Crippen molar-refractivity contribution in [1.82, 2.24) is 4.90 Å². The Kier molecular flexibility index (Phi) is 4.81. The van der Waals surface area contributed by atoms with Crippen LogP contribution in [0.3, 0.4) is 0 Å². The molecule has 1 heterocycles. The van der Waals surface area contributed by atoms with Crippen LogP contribution in [0.25, 0.3) is 0 Å². The number of ether oxygens (including phenoxy) is 3. The Morgan fingerprint density at radius 1 is 1.16 bits per heavy atom. The van der Waals surface area contributed by atoms with Crippen LogP contribution in [-0.2, 0) is 25.6 Å². The largest absolute Gasteiger partial charge is 0.497 e. The Bertz CT molecular complexity index is 709. The van der Waals surface area contributed by atoms with E-state index in [1.54, 1.807) is 19.1 Å². The summed E-state index contributed by atoms with van der Waals surface area (Å²) in [5, 5.41) is 0. The number of rotatable bonds is 5. The molecule has 1 atom stereocenters. The number of carbonyl (C=O) groups excluding carboxylic acids is 2. The van der Waals surface area contributed by atoms with E-state index >= 15 is 0 Å². The molecule has 134 valence electrons. The SMILES string of the molecule is COC(=O)C1=C2CCCCC2(OC)N(Cc2ccc(OC)cc2)C1=O. The lowest BCUT2D eigenvalue weighted by Gasteiger charge is -2.42. The van der Waals surface area contributed by atoms with E-state index in [-0.39, 0.29) is 11.5 Å². The van der Waals surface area contributed by atoms with E-state index in [2.05, 4.69) is 0 Å². The van der Waals surface area contributed by atoms with Gasteiger partial charge in [-0.25, -0.2) is 4.79 Å². The van der Waals surface area contributed by atoms with Gasteiger partial charge >= 0.3 is 5.97 Å². The molecule has 1 aromatic rings. The predicted octanol–water partition coefficient (Wildman–Crippen LogP) is 2.42. The van der Waals surface area contributed by atoms with Gasteiger partial charge in [-0.05, 0) is 43.4 Å². The summed E-state index contributed by atoms with van der Waals surface area (Å²) in [6, 6.07) is 7.53. The van der Waals surface area contributed by atoms with Gasteiger partial charge in [-0.1, -0.05) is 12.1 Å². The molecule has 1 aliphatic carbocycles. The molecule has 0 radical (unpaired) electrons. The van der Waals surface area contributed by atoms with E-state index in [0.29, 0.717) is 19.4 Å². The van der Waals surface area contributed by atoms with Crippen LogP contribution in [0.15, 0.2) is 35.4 Å². The molecule has 6 heteroatoms. The molecule has 1 unspecified atom stereocenters. The normalized spacial score (nSPS) is 22.8. The summed E-state index contributed by atoms with van der Waals surface area (Å²) in [5.74, 6) is -0.147. The van der Waals surface area contributed by atoms with Crippen molar-refractivity contribution in [1.29, 1.82) is 0 Å². The molecule has 0 bridgehead atoms. The van der Waals surface area contributed by atoms with Crippen LogP contribution in [0.1, 0.15) is 31.2 Å². The zero-order chi connectivity index (χ0) is 18.0. The second kappa shape index (κ2) is 6.88. The van der Waals surface area contributed by atoms with Crippen LogP contribution < -0.4 is 4.74 Å². The molecule has 1 amide bonds. The molecule has 0 spiro atoms. The van der Waals surface area contributed by atoms with Crippen LogP contribution >= 0.6 is 0 Å². The third-order valence-corrected chi connectivity index (χ3v) is 5.09. The Labute approximate surface area is 147 Å². The third kappa shape index (κ3) is 2.80. The highest BCUT2D eigenvalue weighted by molar-refractivity contribution is 6.19. The number of hydrogen-bond acceptors (Lipinski definition) is 5. The maximum absolute atomic E-state index is 13.0.